The molecule has 0 bridgehead atoms. The number of fused-ring (bicyclic) bond motifs is 1. The van der Waals surface area contributed by atoms with Gasteiger partial charge in [0.2, 0.25) is 5.91 Å². The molecule has 0 atom stereocenters. The Balaban J connectivity index is 1.43. The van der Waals surface area contributed by atoms with E-state index in [2.05, 4.69) is 20.8 Å². The summed E-state index contributed by atoms with van der Waals surface area (Å²) in [6.07, 6.45) is 4.29. The second-order valence-corrected chi connectivity index (χ2v) is 6.72. The maximum atomic E-state index is 13.8. The van der Waals surface area contributed by atoms with Crippen LogP contribution in [-0.4, -0.2) is 21.8 Å². The lowest BCUT2D eigenvalue weighted by Gasteiger charge is -2.07. The average molecular weight is 406 g/mol. The summed E-state index contributed by atoms with van der Waals surface area (Å²) in [5.74, 6) is -1.08. The minimum absolute atomic E-state index is 0.108. The number of benzene rings is 1. The van der Waals surface area contributed by atoms with E-state index in [0.29, 0.717) is 12.8 Å². The Morgan fingerprint density at radius 3 is 2.77 bits per heavy atom. The number of carbonyl (C=O) groups is 2. The van der Waals surface area contributed by atoms with Crippen molar-refractivity contribution < 1.29 is 18.4 Å². The van der Waals surface area contributed by atoms with Gasteiger partial charge in [0.1, 0.15) is 5.82 Å². The van der Waals surface area contributed by atoms with Crippen LogP contribution in [0.25, 0.3) is 22.3 Å². The largest absolute Gasteiger partial charge is 0.459 e. The minimum Gasteiger partial charge on any atom is -0.459 e. The third-order valence-corrected chi connectivity index (χ3v) is 4.68. The van der Waals surface area contributed by atoms with Gasteiger partial charge < -0.3 is 9.40 Å². The van der Waals surface area contributed by atoms with E-state index in [0.717, 1.165) is 27.9 Å². The molecule has 1 aromatic carbocycles. The molecule has 0 aliphatic rings. The second-order valence-electron chi connectivity index (χ2n) is 6.72. The molecule has 30 heavy (non-hydrogen) atoms. The molecule has 3 N–H and O–H groups in total. The first-order valence-corrected chi connectivity index (χ1v) is 9.46. The van der Waals surface area contributed by atoms with Gasteiger partial charge in [0.15, 0.2) is 5.76 Å². The molecule has 0 spiro atoms. The van der Waals surface area contributed by atoms with Crippen LogP contribution in [0.3, 0.4) is 0 Å². The summed E-state index contributed by atoms with van der Waals surface area (Å²) in [5, 5.41) is 0.766. The summed E-state index contributed by atoms with van der Waals surface area (Å²) in [6, 6.07) is 13.2. The quantitative estimate of drug-likeness (QED) is 0.425. The lowest BCUT2D eigenvalue weighted by Crippen LogP contribution is -2.41. The highest BCUT2D eigenvalue weighted by atomic mass is 19.1. The number of amides is 2. The van der Waals surface area contributed by atoms with Gasteiger partial charge in [-0.1, -0.05) is 6.07 Å². The van der Waals surface area contributed by atoms with Gasteiger partial charge in [-0.2, -0.15) is 0 Å². The Hall–Kier alpha value is -3.94. The highest BCUT2D eigenvalue weighted by molar-refractivity contribution is 5.93. The van der Waals surface area contributed by atoms with Crippen LogP contribution in [-0.2, 0) is 11.2 Å². The molecular formula is C22H19FN4O3. The number of pyridine rings is 1. The van der Waals surface area contributed by atoms with E-state index in [4.69, 9.17) is 4.42 Å². The van der Waals surface area contributed by atoms with Crippen molar-refractivity contribution in [2.75, 3.05) is 0 Å². The molecule has 0 saturated heterocycles. The Morgan fingerprint density at radius 2 is 2.00 bits per heavy atom. The smallest absolute Gasteiger partial charge is 0.305 e. The highest BCUT2D eigenvalue weighted by Crippen LogP contribution is 2.31. The first kappa shape index (κ1) is 19.4. The van der Waals surface area contributed by atoms with Gasteiger partial charge >= 0.3 is 5.91 Å². The van der Waals surface area contributed by atoms with Crippen LogP contribution in [0.15, 0.2) is 65.4 Å². The number of aromatic nitrogens is 2. The fourth-order valence-corrected chi connectivity index (χ4v) is 3.29. The van der Waals surface area contributed by atoms with Crippen LogP contribution in [0.2, 0.25) is 0 Å². The molecule has 3 aromatic heterocycles. The van der Waals surface area contributed by atoms with E-state index in [9.17, 15) is 14.0 Å². The number of hydrogen-bond acceptors (Lipinski definition) is 4. The summed E-state index contributed by atoms with van der Waals surface area (Å²) < 4.78 is 18.8. The van der Waals surface area contributed by atoms with Gasteiger partial charge in [-0.3, -0.25) is 25.4 Å². The van der Waals surface area contributed by atoms with Gasteiger partial charge in [-0.05, 0) is 60.9 Å². The lowest BCUT2D eigenvalue weighted by molar-refractivity contribution is -0.121. The molecule has 4 aromatic rings. The molecule has 0 fully saturated rings. The Labute approximate surface area is 171 Å². The maximum Gasteiger partial charge on any atom is 0.305 e. The molecule has 8 heteroatoms. The van der Waals surface area contributed by atoms with Crippen LogP contribution >= 0.6 is 0 Å². The van der Waals surface area contributed by atoms with Crippen molar-refractivity contribution in [2.45, 2.75) is 19.3 Å². The first-order chi connectivity index (χ1) is 14.6. The number of aryl methyl sites for hydroxylation is 1. The van der Waals surface area contributed by atoms with E-state index in [1.807, 2.05) is 18.2 Å². The molecule has 0 aliphatic carbocycles. The summed E-state index contributed by atoms with van der Waals surface area (Å²) in [7, 11) is 0. The summed E-state index contributed by atoms with van der Waals surface area (Å²) in [6.45, 7) is 0. The zero-order valence-electron chi connectivity index (χ0n) is 15.9. The normalized spacial score (nSPS) is 10.8. The standard InChI is InChI=1S/C22H19FN4O3/c23-14-9-10-17-16(13-14)15(21(25-17)18-6-1-2-11-24-18)5-3-8-20(28)26-27-22(29)19-7-4-12-30-19/h1-2,4,6-7,9-13,25H,3,5,8H2,(H,26,28)(H,27,29). The van der Waals surface area contributed by atoms with Crippen LogP contribution < -0.4 is 10.9 Å². The zero-order chi connectivity index (χ0) is 20.9. The summed E-state index contributed by atoms with van der Waals surface area (Å²) in [4.78, 5) is 31.6. The van der Waals surface area contributed by atoms with Gasteiger partial charge in [-0.15, -0.1) is 0 Å². The van der Waals surface area contributed by atoms with Crippen LogP contribution in [0.1, 0.15) is 29.0 Å². The van der Waals surface area contributed by atoms with Crippen LogP contribution in [0, 0.1) is 5.82 Å². The molecule has 152 valence electrons. The topological polar surface area (TPSA) is 100 Å². The summed E-state index contributed by atoms with van der Waals surface area (Å²) >= 11 is 0. The van der Waals surface area contributed by atoms with Gasteiger partial charge in [-0.25, -0.2) is 4.39 Å². The first-order valence-electron chi connectivity index (χ1n) is 9.46. The molecule has 7 nitrogen and oxygen atoms in total. The molecule has 4 rings (SSSR count). The predicted octanol–water partition coefficient (Wildman–Crippen LogP) is 3.75. The fraction of sp³-hybridized carbons (Fsp3) is 0.136. The van der Waals surface area contributed by atoms with Gasteiger partial charge in [0.05, 0.1) is 17.7 Å². The van der Waals surface area contributed by atoms with Crippen molar-refractivity contribution in [1.29, 1.82) is 0 Å². The van der Waals surface area contributed by atoms with E-state index in [1.54, 1.807) is 18.3 Å². The molecule has 0 unspecified atom stereocenters. The Bertz CT molecular complexity index is 1170. The number of hydrazine groups is 1. The molecule has 0 radical (unpaired) electrons. The van der Waals surface area contributed by atoms with Gasteiger partial charge in [0.25, 0.3) is 0 Å². The number of nitrogens with one attached hydrogen (secondary N) is 3. The number of carbonyl (C=O) groups excluding carboxylic acids is 2. The monoisotopic (exact) mass is 406 g/mol. The van der Waals surface area contributed by atoms with Crippen molar-refractivity contribution in [3.63, 3.8) is 0 Å². The van der Waals surface area contributed by atoms with Crippen molar-refractivity contribution in [2.24, 2.45) is 0 Å². The molecule has 3 heterocycles. The van der Waals surface area contributed by atoms with E-state index in [-0.39, 0.29) is 23.9 Å². The number of rotatable bonds is 6. The Morgan fingerprint density at radius 1 is 1.10 bits per heavy atom. The highest BCUT2D eigenvalue weighted by Gasteiger charge is 2.15. The van der Waals surface area contributed by atoms with Crippen molar-refractivity contribution in [1.82, 2.24) is 20.8 Å². The van der Waals surface area contributed by atoms with Crippen molar-refractivity contribution in [3.8, 4) is 11.4 Å². The van der Waals surface area contributed by atoms with Crippen molar-refractivity contribution in [3.05, 3.63) is 78.1 Å². The number of hydrogen-bond donors (Lipinski definition) is 3. The second kappa shape index (κ2) is 8.60. The van der Waals surface area contributed by atoms with Crippen molar-refractivity contribution >= 4 is 22.7 Å². The summed E-state index contributed by atoms with van der Waals surface area (Å²) in [5.41, 5.74) is 7.93. The third kappa shape index (κ3) is 4.22. The van der Waals surface area contributed by atoms with E-state index in [1.165, 1.54) is 24.5 Å². The van der Waals surface area contributed by atoms with Gasteiger partial charge in [0, 0.05) is 23.5 Å². The SMILES string of the molecule is O=C(CCCc1c(-c2ccccn2)[nH]c2ccc(F)cc12)NNC(=O)c1ccco1. The number of halogens is 1. The molecular weight excluding hydrogens is 387 g/mol. The molecule has 2 amide bonds. The Kier molecular flexibility index (Phi) is 5.56. The number of nitrogens with zero attached hydrogens (tertiary/aromatic N) is 1. The minimum atomic E-state index is -0.530. The van der Waals surface area contributed by atoms with E-state index < -0.39 is 5.91 Å². The maximum absolute atomic E-state index is 13.8. The fourth-order valence-electron chi connectivity index (χ4n) is 3.29. The average Bonchev–Trinajstić information content (AvgIpc) is 3.41. The number of aromatic amines is 1. The lowest BCUT2D eigenvalue weighted by atomic mass is 10.0. The third-order valence-electron chi connectivity index (χ3n) is 4.68. The van der Waals surface area contributed by atoms with Crippen LogP contribution in [0.4, 0.5) is 4.39 Å². The number of furan rings is 1. The number of H-pyrrole nitrogens is 1. The molecule has 0 saturated carbocycles. The van der Waals surface area contributed by atoms with E-state index >= 15 is 0 Å². The molecule has 0 aliphatic heterocycles. The zero-order valence-corrected chi connectivity index (χ0v) is 15.9. The van der Waals surface area contributed by atoms with Crippen LogP contribution in [0.5, 0.6) is 0 Å². The predicted molar refractivity (Wildman–Crippen MR) is 109 cm³/mol.